The first-order valence-corrected chi connectivity index (χ1v) is 10.9. The number of aromatic nitrogens is 2. The summed E-state index contributed by atoms with van der Waals surface area (Å²) in [5.74, 6) is 0.308. The molecule has 0 aliphatic rings. The summed E-state index contributed by atoms with van der Waals surface area (Å²) in [6.45, 7) is 0. The Morgan fingerprint density at radius 2 is 1.76 bits per heavy atom. The van der Waals surface area contributed by atoms with Crippen molar-refractivity contribution in [3.63, 3.8) is 0 Å². The highest BCUT2D eigenvalue weighted by molar-refractivity contribution is 7.90. The summed E-state index contributed by atoms with van der Waals surface area (Å²) < 4.78 is 23.6. The molecule has 0 fully saturated rings. The zero-order valence-corrected chi connectivity index (χ0v) is 16.9. The molecule has 0 aliphatic heterocycles. The topological polar surface area (TPSA) is 91.9 Å². The molecule has 8 heteroatoms. The SMILES string of the molecule is CS(=O)(=O)c1cc(C(=O)Nc2ccc(-c3nc4ccccc4[nH]3)cc2)ccc1Cl. The number of carbonyl (C=O) groups is 1. The Morgan fingerprint density at radius 1 is 1.03 bits per heavy atom. The first kappa shape index (κ1) is 19.2. The molecule has 1 amide bonds. The van der Waals surface area contributed by atoms with Crippen molar-refractivity contribution in [3.05, 3.63) is 77.3 Å². The van der Waals surface area contributed by atoms with Gasteiger partial charge in [-0.3, -0.25) is 4.79 Å². The number of sulfone groups is 1. The van der Waals surface area contributed by atoms with Crippen molar-refractivity contribution < 1.29 is 13.2 Å². The highest BCUT2D eigenvalue weighted by Gasteiger charge is 2.16. The highest BCUT2D eigenvalue weighted by Crippen LogP contribution is 2.24. The number of anilines is 1. The van der Waals surface area contributed by atoms with E-state index in [0.29, 0.717) is 5.69 Å². The zero-order chi connectivity index (χ0) is 20.6. The van der Waals surface area contributed by atoms with E-state index >= 15 is 0 Å². The van der Waals surface area contributed by atoms with Crippen molar-refractivity contribution in [2.75, 3.05) is 11.6 Å². The third-order valence-electron chi connectivity index (χ3n) is 4.40. The maximum atomic E-state index is 12.5. The molecule has 1 aromatic heterocycles. The molecule has 0 aliphatic carbocycles. The standard InChI is InChI=1S/C21H16ClN3O3S/c1-29(27,28)19-12-14(8-11-16(19)22)21(26)23-15-9-6-13(7-10-15)20-24-17-4-2-3-5-18(17)25-20/h2-12H,1H3,(H,23,26)(H,24,25). The van der Waals surface area contributed by atoms with Crippen LogP contribution in [0.3, 0.4) is 0 Å². The lowest BCUT2D eigenvalue weighted by Crippen LogP contribution is -2.13. The minimum absolute atomic E-state index is 0.0768. The van der Waals surface area contributed by atoms with E-state index in [9.17, 15) is 13.2 Å². The van der Waals surface area contributed by atoms with Crippen LogP contribution in [0, 0.1) is 0 Å². The number of carbonyl (C=O) groups excluding carboxylic acids is 1. The molecular formula is C21H16ClN3O3S. The fourth-order valence-electron chi connectivity index (χ4n) is 2.93. The predicted octanol–water partition coefficient (Wildman–Crippen LogP) is 4.54. The third kappa shape index (κ3) is 4.01. The maximum absolute atomic E-state index is 12.5. The molecule has 0 atom stereocenters. The minimum atomic E-state index is -3.53. The number of para-hydroxylation sites is 2. The van der Waals surface area contributed by atoms with Crippen molar-refractivity contribution in [2.24, 2.45) is 0 Å². The number of nitrogens with zero attached hydrogens (tertiary/aromatic N) is 1. The lowest BCUT2D eigenvalue weighted by atomic mass is 10.1. The molecule has 2 N–H and O–H groups in total. The average molecular weight is 426 g/mol. The second kappa shape index (κ2) is 7.35. The van der Waals surface area contributed by atoms with Gasteiger partial charge >= 0.3 is 0 Å². The molecule has 4 aromatic rings. The van der Waals surface area contributed by atoms with Crippen LogP contribution in [-0.4, -0.2) is 30.5 Å². The summed E-state index contributed by atoms with van der Waals surface area (Å²) in [7, 11) is -3.53. The molecular weight excluding hydrogens is 410 g/mol. The number of H-pyrrole nitrogens is 1. The van der Waals surface area contributed by atoms with Crippen LogP contribution in [0.15, 0.2) is 71.6 Å². The van der Waals surface area contributed by atoms with E-state index in [2.05, 4.69) is 15.3 Å². The Hall–Kier alpha value is -3.16. The first-order chi connectivity index (χ1) is 13.8. The Balaban J connectivity index is 1.55. The van der Waals surface area contributed by atoms with Gasteiger partial charge in [-0.2, -0.15) is 0 Å². The van der Waals surface area contributed by atoms with Gasteiger partial charge in [-0.15, -0.1) is 0 Å². The summed E-state index contributed by atoms with van der Waals surface area (Å²) in [6, 6.07) is 19.1. The maximum Gasteiger partial charge on any atom is 0.255 e. The van der Waals surface area contributed by atoms with E-state index in [1.807, 2.05) is 36.4 Å². The second-order valence-corrected chi connectivity index (χ2v) is 8.94. The van der Waals surface area contributed by atoms with Crippen LogP contribution in [-0.2, 0) is 9.84 Å². The number of rotatable bonds is 4. The summed E-state index contributed by atoms with van der Waals surface area (Å²) in [6.07, 6.45) is 1.05. The highest BCUT2D eigenvalue weighted by atomic mass is 35.5. The van der Waals surface area contributed by atoms with Crippen LogP contribution >= 0.6 is 11.6 Å². The number of amides is 1. The average Bonchev–Trinajstić information content (AvgIpc) is 3.12. The Bertz CT molecular complexity index is 1300. The number of hydrogen-bond acceptors (Lipinski definition) is 4. The molecule has 29 heavy (non-hydrogen) atoms. The van der Waals surface area contributed by atoms with E-state index in [4.69, 9.17) is 11.6 Å². The Labute approximate surface area is 172 Å². The van der Waals surface area contributed by atoms with Gasteiger partial charge in [0.15, 0.2) is 9.84 Å². The largest absolute Gasteiger partial charge is 0.338 e. The number of halogens is 1. The van der Waals surface area contributed by atoms with Gasteiger partial charge < -0.3 is 10.3 Å². The van der Waals surface area contributed by atoms with Gasteiger partial charge in [0, 0.05) is 23.1 Å². The van der Waals surface area contributed by atoms with Gasteiger partial charge in [0.2, 0.25) is 0 Å². The fraction of sp³-hybridized carbons (Fsp3) is 0.0476. The molecule has 0 saturated carbocycles. The molecule has 0 bridgehead atoms. The van der Waals surface area contributed by atoms with E-state index in [1.165, 1.54) is 18.2 Å². The van der Waals surface area contributed by atoms with Gasteiger partial charge in [0.05, 0.1) is 21.0 Å². The minimum Gasteiger partial charge on any atom is -0.338 e. The van der Waals surface area contributed by atoms with Crippen LogP contribution in [0.1, 0.15) is 10.4 Å². The number of hydrogen-bond donors (Lipinski definition) is 2. The summed E-state index contributed by atoms with van der Waals surface area (Å²) in [5, 5.41) is 2.84. The quantitative estimate of drug-likeness (QED) is 0.502. The van der Waals surface area contributed by atoms with Gasteiger partial charge in [0.25, 0.3) is 5.91 Å². The van der Waals surface area contributed by atoms with Crippen molar-refractivity contribution >= 4 is 44.1 Å². The number of aromatic amines is 1. The van der Waals surface area contributed by atoms with Gasteiger partial charge in [-0.05, 0) is 54.6 Å². The van der Waals surface area contributed by atoms with Gasteiger partial charge in [0.1, 0.15) is 5.82 Å². The van der Waals surface area contributed by atoms with Crippen molar-refractivity contribution in [3.8, 4) is 11.4 Å². The van der Waals surface area contributed by atoms with Crippen LogP contribution < -0.4 is 5.32 Å². The summed E-state index contributed by atoms with van der Waals surface area (Å²) in [5.41, 5.74) is 3.49. The molecule has 0 radical (unpaired) electrons. The number of nitrogens with one attached hydrogen (secondary N) is 2. The summed E-state index contributed by atoms with van der Waals surface area (Å²) >= 11 is 5.93. The lowest BCUT2D eigenvalue weighted by molar-refractivity contribution is 0.102. The molecule has 146 valence electrons. The predicted molar refractivity (Wildman–Crippen MR) is 114 cm³/mol. The fourth-order valence-corrected chi connectivity index (χ4v) is 4.23. The number of fused-ring (bicyclic) bond motifs is 1. The zero-order valence-electron chi connectivity index (χ0n) is 15.3. The van der Waals surface area contributed by atoms with Gasteiger partial charge in [-0.25, -0.2) is 13.4 Å². The Morgan fingerprint density at radius 3 is 2.45 bits per heavy atom. The van der Waals surface area contributed by atoms with Crippen LogP contribution in [0.2, 0.25) is 5.02 Å². The molecule has 3 aromatic carbocycles. The lowest BCUT2D eigenvalue weighted by Gasteiger charge is -2.08. The second-order valence-electron chi connectivity index (χ2n) is 6.55. The van der Waals surface area contributed by atoms with Crippen LogP contribution in [0.4, 0.5) is 5.69 Å². The van der Waals surface area contributed by atoms with E-state index in [1.54, 1.807) is 12.1 Å². The van der Waals surface area contributed by atoms with Crippen LogP contribution in [0.25, 0.3) is 22.4 Å². The van der Waals surface area contributed by atoms with Crippen LogP contribution in [0.5, 0.6) is 0 Å². The van der Waals surface area contributed by atoms with E-state index in [0.717, 1.165) is 28.7 Å². The van der Waals surface area contributed by atoms with Crippen molar-refractivity contribution in [1.82, 2.24) is 9.97 Å². The molecule has 1 heterocycles. The first-order valence-electron chi connectivity index (χ1n) is 8.67. The van der Waals surface area contributed by atoms with E-state index < -0.39 is 15.7 Å². The normalized spacial score (nSPS) is 11.5. The number of benzene rings is 3. The molecule has 6 nitrogen and oxygen atoms in total. The monoisotopic (exact) mass is 425 g/mol. The Kier molecular flexibility index (Phi) is 4.86. The van der Waals surface area contributed by atoms with E-state index in [-0.39, 0.29) is 15.5 Å². The third-order valence-corrected chi connectivity index (χ3v) is 5.98. The molecule has 4 rings (SSSR count). The molecule has 0 saturated heterocycles. The molecule has 0 unspecified atom stereocenters. The molecule has 0 spiro atoms. The summed E-state index contributed by atoms with van der Waals surface area (Å²) in [4.78, 5) is 20.2. The smallest absolute Gasteiger partial charge is 0.255 e. The van der Waals surface area contributed by atoms with Crippen molar-refractivity contribution in [1.29, 1.82) is 0 Å². The number of imidazole rings is 1. The van der Waals surface area contributed by atoms with Gasteiger partial charge in [-0.1, -0.05) is 23.7 Å². The van der Waals surface area contributed by atoms with Crippen molar-refractivity contribution in [2.45, 2.75) is 4.90 Å².